The molecule has 1 aromatic carbocycles. The van der Waals surface area contributed by atoms with Crippen LogP contribution in [-0.2, 0) is 13.1 Å². The number of ether oxygens (including phenoxy) is 2. The molecular weight excluding hydrogens is 282 g/mol. The van der Waals surface area contributed by atoms with Gasteiger partial charge in [0, 0.05) is 24.2 Å². The smallest absolute Gasteiger partial charge is 0.271 e. The Kier molecular flexibility index (Phi) is 5.16. The molecule has 1 heterocycles. The lowest BCUT2D eigenvalue weighted by Gasteiger charge is -2.13. The third kappa shape index (κ3) is 3.12. The second-order valence-corrected chi connectivity index (χ2v) is 4.85. The average Bonchev–Trinajstić information content (AvgIpc) is 2.56. The number of rotatable bonds is 6. The second-order valence-electron chi connectivity index (χ2n) is 4.85. The molecule has 0 atom stereocenters. The lowest BCUT2D eigenvalue weighted by atomic mass is 10.1. The topological polar surface area (TPSA) is 79.4 Å². The lowest BCUT2D eigenvalue weighted by Crippen LogP contribution is -2.28. The maximum absolute atomic E-state index is 12.2. The van der Waals surface area contributed by atoms with Gasteiger partial charge in [-0.05, 0) is 30.7 Å². The summed E-state index contributed by atoms with van der Waals surface area (Å²) in [6.45, 7) is 2.71. The molecule has 2 aromatic rings. The average molecular weight is 303 g/mol. The minimum absolute atomic E-state index is 0.144. The van der Waals surface area contributed by atoms with Crippen molar-refractivity contribution >= 4 is 0 Å². The van der Waals surface area contributed by atoms with E-state index >= 15 is 0 Å². The molecule has 0 unspecified atom stereocenters. The quantitative estimate of drug-likeness (QED) is 0.880. The number of methoxy groups -OCH3 is 2. The Balaban J connectivity index is 2.66. The van der Waals surface area contributed by atoms with Crippen molar-refractivity contribution < 1.29 is 9.47 Å². The molecule has 2 N–H and O–H groups in total. The van der Waals surface area contributed by atoms with E-state index in [-0.39, 0.29) is 12.1 Å². The summed E-state index contributed by atoms with van der Waals surface area (Å²) in [5, 5.41) is 4.44. The maximum Gasteiger partial charge on any atom is 0.271 e. The number of hydrogen-bond donors (Lipinski definition) is 1. The van der Waals surface area contributed by atoms with Gasteiger partial charge in [0.2, 0.25) is 0 Å². The molecule has 0 spiro atoms. The van der Waals surface area contributed by atoms with Gasteiger partial charge in [-0.25, -0.2) is 4.68 Å². The molecule has 0 radical (unpaired) electrons. The number of nitrogens with two attached hydrogens (primary N) is 1. The Bertz CT molecular complexity index is 710. The first-order valence-corrected chi connectivity index (χ1v) is 7.18. The van der Waals surface area contributed by atoms with Crippen molar-refractivity contribution in [2.45, 2.75) is 26.4 Å². The van der Waals surface area contributed by atoms with Gasteiger partial charge in [0.1, 0.15) is 11.5 Å². The van der Waals surface area contributed by atoms with E-state index in [1.165, 1.54) is 4.68 Å². The van der Waals surface area contributed by atoms with Gasteiger partial charge in [0.15, 0.2) is 0 Å². The van der Waals surface area contributed by atoms with Crippen molar-refractivity contribution in [3.05, 3.63) is 40.2 Å². The number of nitrogens with zero attached hydrogens (tertiary/aromatic N) is 2. The fourth-order valence-electron chi connectivity index (χ4n) is 2.25. The molecule has 22 heavy (non-hydrogen) atoms. The van der Waals surface area contributed by atoms with E-state index in [2.05, 4.69) is 5.10 Å². The predicted molar refractivity (Wildman–Crippen MR) is 85.2 cm³/mol. The van der Waals surface area contributed by atoms with Gasteiger partial charge < -0.3 is 15.2 Å². The molecule has 0 bridgehead atoms. The Labute approximate surface area is 129 Å². The van der Waals surface area contributed by atoms with Crippen LogP contribution in [0.25, 0.3) is 11.3 Å². The zero-order chi connectivity index (χ0) is 16.1. The minimum Gasteiger partial charge on any atom is -0.497 e. The van der Waals surface area contributed by atoms with E-state index in [0.29, 0.717) is 29.3 Å². The Morgan fingerprint density at radius 3 is 2.59 bits per heavy atom. The van der Waals surface area contributed by atoms with Crippen molar-refractivity contribution in [3.8, 4) is 22.8 Å². The second kappa shape index (κ2) is 7.09. The van der Waals surface area contributed by atoms with E-state index < -0.39 is 0 Å². The SMILES string of the molecule is CCCn1nc(-c2cc(OC)ccc2OC)cc(CN)c1=O. The zero-order valence-corrected chi connectivity index (χ0v) is 13.1. The van der Waals surface area contributed by atoms with Crippen molar-refractivity contribution in [3.63, 3.8) is 0 Å². The van der Waals surface area contributed by atoms with Crippen LogP contribution in [0.1, 0.15) is 18.9 Å². The summed E-state index contributed by atoms with van der Waals surface area (Å²) in [4.78, 5) is 12.2. The number of benzene rings is 1. The Morgan fingerprint density at radius 2 is 2.00 bits per heavy atom. The fourth-order valence-corrected chi connectivity index (χ4v) is 2.25. The van der Waals surface area contributed by atoms with E-state index in [1.807, 2.05) is 25.1 Å². The van der Waals surface area contributed by atoms with Gasteiger partial charge in [-0.3, -0.25) is 4.79 Å². The van der Waals surface area contributed by atoms with E-state index in [1.54, 1.807) is 20.3 Å². The summed E-state index contributed by atoms with van der Waals surface area (Å²) >= 11 is 0. The van der Waals surface area contributed by atoms with Crippen LogP contribution in [0.5, 0.6) is 11.5 Å². The first-order chi connectivity index (χ1) is 10.6. The summed E-state index contributed by atoms with van der Waals surface area (Å²) < 4.78 is 12.1. The van der Waals surface area contributed by atoms with Crippen LogP contribution in [-0.4, -0.2) is 24.0 Å². The van der Waals surface area contributed by atoms with Gasteiger partial charge in [-0.2, -0.15) is 5.10 Å². The van der Waals surface area contributed by atoms with Crippen LogP contribution in [0, 0.1) is 0 Å². The minimum atomic E-state index is -0.144. The Morgan fingerprint density at radius 1 is 1.23 bits per heavy atom. The van der Waals surface area contributed by atoms with Crippen LogP contribution in [0.3, 0.4) is 0 Å². The Hall–Kier alpha value is -2.34. The van der Waals surface area contributed by atoms with E-state index in [4.69, 9.17) is 15.2 Å². The standard InChI is InChI=1S/C16H21N3O3/c1-4-7-19-16(20)11(10-17)8-14(18-19)13-9-12(21-2)5-6-15(13)22-3/h5-6,8-9H,4,7,10,17H2,1-3H3. The molecule has 6 nitrogen and oxygen atoms in total. The molecule has 0 aliphatic rings. The fraction of sp³-hybridized carbons (Fsp3) is 0.375. The molecular formula is C16H21N3O3. The number of aromatic nitrogens is 2. The number of hydrogen-bond acceptors (Lipinski definition) is 5. The van der Waals surface area contributed by atoms with Gasteiger partial charge in [0.05, 0.1) is 19.9 Å². The first kappa shape index (κ1) is 16.0. The molecule has 0 saturated carbocycles. The van der Waals surface area contributed by atoms with Crippen molar-refractivity contribution in [2.75, 3.05) is 14.2 Å². The van der Waals surface area contributed by atoms with Crippen LogP contribution in [0.2, 0.25) is 0 Å². The molecule has 118 valence electrons. The van der Waals surface area contributed by atoms with Crippen LogP contribution >= 0.6 is 0 Å². The van der Waals surface area contributed by atoms with Crippen molar-refractivity contribution in [1.82, 2.24) is 9.78 Å². The monoisotopic (exact) mass is 303 g/mol. The van der Waals surface area contributed by atoms with Gasteiger partial charge in [-0.15, -0.1) is 0 Å². The van der Waals surface area contributed by atoms with Crippen molar-refractivity contribution in [2.24, 2.45) is 5.73 Å². The molecule has 0 aliphatic carbocycles. The summed E-state index contributed by atoms with van der Waals surface area (Å²) in [7, 11) is 3.19. The highest BCUT2D eigenvalue weighted by Crippen LogP contribution is 2.32. The molecule has 0 fully saturated rings. The summed E-state index contributed by atoms with van der Waals surface area (Å²) in [5.74, 6) is 1.36. The molecule has 2 rings (SSSR count). The third-order valence-electron chi connectivity index (χ3n) is 3.39. The lowest BCUT2D eigenvalue weighted by molar-refractivity contribution is 0.404. The van der Waals surface area contributed by atoms with Crippen LogP contribution in [0.15, 0.2) is 29.1 Å². The first-order valence-electron chi connectivity index (χ1n) is 7.18. The highest BCUT2D eigenvalue weighted by Gasteiger charge is 2.13. The van der Waals surface area contributed by atoms with E-state index in [0.717, 1.165) is 12.0 Å². The van der Waals surface area contributed by atoms with Gasteiger partial charge >= 0.3 is 0 Å². The van der Waals surface area contributed by atoms with E-state index in [9.17, 15) is 4.79 Å². The molecule has 0 saturated heterocycles. The highest BCUT2D eigenvalue weighted by atomic mass is 16.5. The predicted octanol–water partition coefficient (Wildman–Crippen LogP) is 1.80. The third-order valence-corrected chi connectivity index (χ3v) is 3.39. The highest BCUT2D eigenvalue weighted by molar-refractivity contribution is 5.69. The number of aryl methyl sites for hydroxylation is 1. The van der Waals surface area contributed by atoms with Crippen molar-refractivity contribution in [1.29, 1.82) is 0 Å². The molecule has 1 aromatic heterocycles. The largest absolute Gasteiger partial charge is 0.497 e. The molecule has 0 aliphatic heterocycles. The summed E-state index contributed by atoms with van der Waals surface area (Å²) in [6.07, 6.45) is 0.815. The maximum atomic E-state index is 12.2. The van der Waals surface area contributed by atoms with Crippen LogP contribution < -0.4 is 20.8 Å². The van der Waals surface area contributed by atoms with Gasteiger partial charge in [-0.1, -0.05) is 6.92 Å². The summed E-state index contributed by atoms with van der Waals surface area (Å²) in [6, 6.07) is 7.18. The zero-order valence-electron chi connectivity index (χ0n) is 13.1. The molecule has 6 heteroatoms. The normalized spacial score (nSPS) is 10.5. The van der Waals surface area contributed by atoms with Crippen LogP contribution in [0.4, 0.5) is 0 Å². The molecule has 0 amide bonds. The summed E-state index contributed by atoms with van der Waals surface area (Å²) in [5.41, 5.74) is 7.49. The van der Waals surface area contributed by atoms with Gasteiger partial charge in [0.25, 0.3) is 5.56 Å².